The molecule has 0 saturated heterocycles. The molecule has 0 spiro atoms. The number of ether oxygens (including phenoxy) is 2. The molecule has 47 heavy (non-hydrogen) atoms. The third-order valence-electron chi connectivity index (χ3n) is 6.94. The molecule has 0 fully saturated rings. The average Bonchev–Trinajstić information content (AvgIpc) is 3.05. The van der Waals surface area contributed by atoms with Gasteiger partial charge < -0.3 is 20.5 Å². The summed E-state index contributed by atoms with van der Waals surface area (Å²) < 4.78 is 97.7. The van der Waals surface area contributed by atoms with E-state index in [0.717, 1.165) is 30.1 Å². The number of aliphatic imine (C=N–C) groups is 1. The zero-order chi connectivity index (χ0) is 34.0. The predicted octanol–water partition coefficient (Wildman–Crippen LogP) is 6.80. The number of hydrogen-bond donors (Lipinski definition) is 3. The second-order valence-electron chi connectivity index (χ2n) is 9.95. The number of nitrogen functional groups attached to an aromatic ring is 1. The maximum atomic E-state index is 16.8. The van der Waals surface area contributed by atoms with E-state index in [9.17, 15) is 21.6 Å². The van der Waals surface area contributed by atoms with Crippen molar-refractivity contribution in [3.8, 4) is 22.6 Å². The molecular formula is C31H26ClF4N5O4S2. The first-order chi connectivity index (χ1) is 22.2. The Kier molecular flexibility index (Phi) is 9.73. The number of pyridine rings is 1. The van der Waals surface area contributed by atoms with Crippen molar-refractivity contribution in [1.29, 1.82) is 0 Å². The first-order valence-corrected chi connectivity index (χ1v) is 16.3. The van der Waals surface area contributed by atoms with Gasteiger partial charge in [-0.1, -0.05) is 47.6 Å². The van der Waals surface area contributed by atoms with Gasteiger partial charge in [-0.2, -0.15) is 17.6 Å². The number of hydrogen-bond acceptors (Lipinski definition) is 9. The molecule has 1 aliphatic rings. The minimum absolute atomic E-state index is 0.0616. The van der Waals surface area contributed by atoms with Crippen LogP contribution in [0.4, 0.5) is 23.4 Å². The van der Waals surface area contributed by atoms with E-state index in [4.69, 9.17) is 26.8 Å². The Morgan fingerprint density at radius 2 is 1.81 bits per heavy atom. The van der Waals surface area contributed by atoms with Crippen LogP contribution in [-0.4, -0.2) is 32.7 Å². The van der Waals surface area contributed by atoms with Crippen molar-refractivity contribution >= 4 is 44.2 Å². The van der Waals surface area contributed by atoms with E-state index in [-0.39, 0.29) is 38.5 Å². The minimum atomic E-state index is -4.64. The van der Waals surface area contributed by atoms with Crippen LogP contribution in [0.2, 0.25) is 0 Å². The number of thioether (sulfide) groups is 1. The zero-order valence-electron chi connectivity index (χ0n) is 24.6. The summed E-state index contributed by atoms with van der Waals surface area (Å²) >= 11 is 7.19. The van der Waals surface area contributed by atoms with Gasteiger partial charge in [-0.25, -0.2) is 23.1 Å². The Balaban J connectivity index is 1.50. The van der Waals surface area contributed by atoms with Gasteiger partial charge in [0.05, 0.1) is 35.3 Å². The number of nitrogens with zero attached hydrogens (tertiary/aromatic N) is 2. The largest absolute Gasteiger partial charge is 0.497 e. The van der Waals surface area contributed by atoms with Gasteiger partial charge in [0.15, 0.2) is 0 Å². The Labute approximate surface area is 276 Å². The van der Waals surface area contributed by atoms with Crippen molar-refractivity contribution in [2.24, 2.45) is 4.99 Å². The van der Waals surface area contributed by atoms with Gasteiger partial charge in [-0.3, -0.25) is 0 Å². The molecule has 1 aliphatic heterocycles. The Morgan fingerprint density at radius 3 is 2.51 bits per heavy atom. The normalized spacial score (nSPS) is 16.6. The van der Waals surface area contributed by atoms with Gasteiger partial charge in [-0.05, 0) is 53.6 Å². The van der Waals surface area contributed by atoms with Crippen molar-refractivity contribution in [2.45, 2.75) is 28.4 Å². The number of nitrogens with one attached hydrogen (secondary N) is 2. The molecule has 1 aromatic heterocycles. The quantitative estimate of drug-likeness (QED) is 0.128. The van der Waals surface area contributed by atoms with Crippen LogP contribution in [0, 0.1) is 0 Å². The molecule has 4 N–H and O–H groups in total. The fourth-order valence-electron chi connectivity index (χ4n) is 4.62. The summed E-state index contributed by atoms with van der Waals surface area (Å²) in [4.78, 5) is 7.86. The second kappa shape index (κ2) is 13.4. The summed E-state index contributed by atoms with van der Waals surface area (Å²) in [6.07, 6.45) is -2.20. The third kappa shape index (κ3) is 7.48. The summed E-state index contributed by atoms with van der Waals surface area (Å²) in [5, 5.41) is 2.23. The molecule has 16 heteroatoms. The Morgan fingerprint density at radius 1 is 1.04 bits per heavy atom. The number of methoxy groups -OCH3 is 2. The van der Waals surface area contributed by atoms with E-state index in [1.54, 1.807) is 18.2 Å². The van der Waals surface area contributed by atoms with Gasteiger partial charge in [0, 0.05) is 35.5 Å². The lowest BCUT2D eigenvalue weighted by Crippen LogP contribution is -2.38. The van der Waals surface area contributed by atoms with Crippen LogP contribution in [0.3, 0.4) is 0 Å². The summed E-state index contributed by atoms with van der Waals surface area (Å²) in [5.41, 5.74) is 5.45. The maximum Gasteiger partial charge on any atom is 0.416 e. The molecule has 1 atom stereocenters. The molecule has 0 aliphatic carbocycles. The van der Waals surface area contributed by atoms with E-state index >= 15 is 4.39 Å². The number of anilines is 1. The highest BCUT2D eigenvalue weighted by Crippen LogP contribution is 2.42. The zero-order valence-corrected chi connectivity index (χ0v) is 27.0. The van der Waals surface area contributed by atoms with Crippen molar-refractivity contribution < 1.29 is 35.5 Å². The summed E-state index contributed by atoms with van der Waals surface area (Å²) in [6.45, 7) is -0.192. The summed E-state index contributed by atoms with van der Waals surface area (Å²) in [6, 6.07) is 16.1. The molecule has 0 bridgehead atoms. The van der Waals surface area contributed by atoms with Crippen LogP contribution >= 0.6 is 23.4 Å². The van der Waals surface area contributed by atoms with Crippen LogP contribution in [0.5, 0.6) is 11.5 Å². The van der Waals surface area contributed by atoms with Crippen molar-refractivity contribution in [2.75, 3.05) is 20.0 Å². The Bertz CT molecular complexity index is 1990. The highest BCUT2D eigenvalue weighted by atomic mass is 35.5. The fourth-order valence-corrected chi connectivity index (χ4v) is 7.04. The summed E-state index contributed by atoms with van der Waals surface area (Å²) in [7, 11) is -1.44. The van der Waals surface area contributed by atoms with E-state index in [2.05, 4.69) is 20.0 Å². The Hall–Kier alpha value is -4.31. The van der Waals surface area contributed by atoms with E-state index < -0.39 is 32.6 Å². The number of nitrogens with two attached hydrogens (primary N) is 1. The van der Waals surface area contributed by atoms with Gasteiger partial charge in [0.2, 0.25) is 10.0 Å². The molecule has 5 rings (SSSR count). The van der Waals surface area contributed by atoms with Crippen molar-refractivity contribution in [3.63, 3.8) is 0 Å². The topological polar surface area (TPSA) is 128 Å². The van der Waals surface area contributed by atoms with E-state index in [0.29, 0.717) is 22.6 Å². The molecule has 0 saturated carbocycles. The highest BCUT2D eigenvalue weighted by molar-refractivity contribution is 8.14. The van der Waals surface area contributed by atoms with Crippen molar-refractivity contribution in [1.82, 2.24) is 15.0 Å². The van der Waals surface area contributed by atoms with Gasteiger partial charge in [-0.15, -0.1) is 0 Å². The minimum Gasteiger partial charge on any atom is -0.497 e. The fraction of sp³-hybridized carbons (Fsp3) is 0.161. The average molecular weight is 708 g/mol. The number of alkyl halides is 4. The third-order valence-corrected chi connectivity index (χ3v) is 9.88. The summed E-state index contributed by atoms with van der Waals surface area (Å²) in [5.74, 6) is -1.88. The number of aromatic nitrogens is 1. The number of rotatable bonds is 9. The maximum absolute atomic E-state index is 16.8. The van der Waals surface area contributed by atoms with Crippen LogP contribution in [0.1, 0.15) is 16.7 Å². The lowest BCUT2D eigenvalue weighted by Gasteiger charge is -2.28. The lowest BCUT2D eigenvalue weighted by atomic mass is 10.0. The molecule has 3 aromatic carbocycles. The predicted molar refractivity (Wildman–Crippen MR) is 172 cm³/mol. The number of benzene rings is 3. The van der Waals surface area contributed by atoms with Crippen LogP contribution < -0.4 is 25.2 Å². The first kappa shape index (κ1) is 34.0. The monoisotopic (exact) mass is 707 g/mol. The molecule has 246 valence electrons. The molecular weight excluding hydrogens is 682 g/mol. The molecule has 2 heterocycles. The van der Waals surface area contributed by atoms with Gasteiger partial charge in [0.25, 0.3) is 0 Å². The van der Waals surface area contributed by atoms with Gasteiger partial charge >= 0.3 is 12.1 Å². The number of halogens is 5. The SMILES string of the molecule is COc1ccc(CNS(=O)(=O)c2ccccc2C2(F)N=C(Sc3ccc(C(F)(F)F)cc3-c3ccnc(N)c3)C(Cl)=CN2)c(OC)c1. The lowest BCUT2D eigenvalue weighted by molar-refractivity contribution is -0.137. The van der Waals surface area contributed by atoms with Crippen molar-refractivity contribution in [3.05, 3.63) is 107 Å². The molecule has 0 radical (unpaired) electrons. The van der Waals surface area contributed by atoms with Crippen LogP contribution in [0.25, 0.3) is 11.1 Å². The van der Waals surface area contributed by atoms with E-state index in [1.807, 2.05) is 0 Å². The second-order valence-corrected chi connectivity index (χ2v) is 13.1. The van der Waals surface area contributed by atoms with E-state index in [1.165, 1.54) is 62.9 Å². The molecule has 9 nitrogen and oxygen atoms in total. The first-order valence-electron chi connectivity index (χ1n) is 13.6. The van der Waals surface area contributed by atoms with Crippen LogP contribution in [0.15, 0.2) is 105 Å². The molecule has 0 amide bonds. The molecule has 4 aromatic rings. The standard InChI is InChI=1S/C31H26ClF4N5O4S2/c1-44-21-9-7-19(25(15-21)45-2)16-40-47(42,43)27-6-4-3-5-23(27)31(36)39-17-24(32)29(41-31)46-26-10-8-20(30(33,34)35)14-22(26)18-11-12-38-28(37)13-18/h3-15,17,39-40H,16H2,1-2H3,(H2,37,38). The van der Waals surface area contributed by atoms with Gasteiger partial charge in [0.1, 0.15) is 22.4 Å². The smallest absolute Gasteiger partial charge is 0.416 e. The van der Waals surface area contributed by atoms with Crippen LogP contribution in [-0.2, 0) is 28.7 Å². The number of sulfonamides is 1. The molecule has 1 unspecified atom stereocenters. The highest BCUT2D eigenvalue weighted by Gasteiger charge is 2.39.